The minimum Gasteiger partial charge on any atom is -0.491 e. The fraction of sp³-hybridized carbons (Fsp3) is 0.368. The summed E-state index contributed by atoms with van der Waals surface area (Å²) in [5.74, 6) is 0.582. The van der Waals surface area contributed by atoms with Gasteiger partial charge < -0.3 is 15.4 Å². The average Bonchev–Trinajstić information content (AvgIpc) is 2.63. The van der Waals surface area contributed by atoms with E-state index in [2.05, 4.69) is 20.6 Å². The number of nitrogens with zero attached hydrogens (tertiary/aromatic N) is 2. The molecule has 0 amide bonds. The van der Waals surface area contributed by atoms with Crippen molar-refractivity contribution in [2.24, 2.45) is 4.99 Å². The lowest BCUT2D eigenvalue weighted by Gasteiger charge is -2.11. The van der Waals surface area contributed by atoms with E-state index in [0.29, 0.717) is 30.8 Å². The van der Waals surface area contributed by atoms with Crippen molar-refractivity contribution < 1.29 is 9.13 Å². The number of guanidine groups is 1. The van der Waals surface area contributed by atoms with E-state index in [1.165, 1.54) is 6.07 Å². The molecule has 0 aliphatic heterocycles. The molecule has 1 heterocycles. The highest BCUT2D eigenvalue weighted by atomic mass is 127. The van der Waals surface area contributed by atoms with Crippen LogP contribution in [0.25, 0.3) is 0 Å². The molecule has 0 saturated carbocycles. The zero-order valence-corrected chi connectivity index (χ0v) is 18.6. The largest absolute Gasteiger partial charge is 0.491 e. The molecule has 2 N–H and O–H groups in total. The van der Waals surface area contributed by atoms with Crippen molar-refractivity contribution in [3.05, 3.63) is 58.6 Å². The smallest absolute Gasteiger partial charge is 0.191 e. The van der Waals surface area contributed by atoms with E-state index in [4.69, 9.17) is 16.3 Å². The molecule has 5 nitrogen and oxygen atoms in total. The predicted molar refractivity (Wildman–Crippen MR) is 119 cm³/mol. The van der Waals surface area contributed by atoms with E-state index in [-0.39, 0.29) is 35.5 Å². The van der Waals surface area contributed by atoms with Gasteiger partial charge in [0.1, 0.15) is 5.15 Å². The molecule has 0 spiro atoms. The summed E-state index contributed by atoms with van der Waals surface area (Å²) in [5.41, 5.74) is 1.87. The number of rotatable bonds is 8. The molecule has 2 aromatic rings. The highest BCUT2D eigenvalue weighted by Crippen LogP contribution is 2.18. The van der Waals surface area contributed by atoms with Crippen LogP contribution >= 0.6 is 35.6 Å². The Kier molecular flexibility index (Phi) is 11.0. The maximum atomic E-state index is 13.9. The Morgan fingerprint density at radius 1 is 1.19 bits per heavy atom. The first-order valence-electron chi connectivity index (χ1n) is 8.66. The van der Waals surface area contributed by atoms with Crippen LogP contribution in [0.4, 0.5) is 4.39 Å². The van der Waals surface area contributed by atoms with Crippen LogP contribution in [0, 0.1) is 5.82 Å². The van der Waals surface area contributed by atoms with Gasteiger partial charge in [-0.2, -0.15) is 0 Å². The Morgan fingerprint density at radius 2 is 1.96 bits per heavy atom. The minimum absolute atomic E-state index is 0. The van der Waals surface area contributed by atoms with Gasteiger partial charge in [-0.3, -0.25) is 0 Å². The van der Waals surface area contributed by atoms with Crippen molar-refractivity contribution in [2.75, 3.05) is 19.7 Å². The molecular formula is C19H25ClFIN4O. The number of hydrogen-bond donors (Lipinski definition) is 2. The highest BCUT2D eigenvalue weighted by molar-refractivity contribution is 14.0. The maximum Gasteiger partial charge on any atom is 0.191 e. The molecule has 2 rings (SSSR count). The second kappa shape index (κ2) is 12.7. The number of halogens is 3. The van der Waals surface area contributed by atoms with E-state index in [1.54, 1.807) is 18.3 Å². The third-order valence-electron chi connectivity index (χ3n) is 3.55. The zero-order valence-electron chi connectivity index (χ0n) is 15.5. The summed E-state index contributed by atoms with van der Waals surface area (Å²) in [4.78, 5) is 8.56. The van der Waals surface area contributed by atoms with Crippen molar-refractivity contribution in [2.45, 2.75) is 26.8 Å². The molecule has 1 aromatic heterocycles. The van der Waals surface area contributed by atoms with Crippen molar-refractivity contribution in [3.8, 4) is 5.75 Å². The van der Waals surface area contributed by atoms with E-state index < -0.39 is 0 Å². The second-order valence-corrected chi connectivity index (χ2v) is 5.95. The van der Waals surface area contributed by atoms with Gasteiger partial charge in [0.05, 0.1) is 13.2 Å². The number of hydrogen-bond acceptors (Lipinski definition) is 3. The SMILES string of the molecule is CCNC(=NCc1ccc(OCC)c(F)c1)NCCc1ccc(Cl)nc1.I. The van der Waals surface area contributed by atoms with Gasteiger partial charge in [-0.1, -0.05) is 23.7 Å². The van der Waals surface area contributed by atoms with Gasteiger partial charge >= 0.3 is 0 Å². The number of ether oxygens (including phenoxy) is 1. The standard InChI is InChI=1S/C19H24ClFN4O.HI/c1-3-22-19(23-10-9-14-6-8-18(20)24-12-14)25-13-15-5-7-17(26-4-2)16(21)11-15;/h5-8,11-12H,3-4,9-10,13H2,1-2H3,(H2,22,23,25);1H. The van der Waals surface area contributed by atoms with Crippen molar-refractivity contribution in [1.29, 1.82) is 0 Å². The lowest BCUT2D eigenvalue weighted by Crippen LogP contribution is -2.38. The van der Waals surface area contributed by atoms with Crippen molar-refractivity contribution in [3.63, 3.8) is 0 Å². The van der Waals surface area contributed by atoms with Gasteiger partial charge in [0, 0.05) is 19.3 Å². The summed E-state index contributed by atoms with van der Waals surface area (Å²) >= 11 is 5.78. The summed E-state index contributed by atoms with van der Waals surface area (Å²) in [7, 11) is 0. The maximum absolute atomic E-state index is 13.9. The summed E-state index contributed by atoms with van der Waals surface area (Å²) in [6.07, 6.45) is 2.56. The fourth-order valence-electron chi connectivity index (χ4n) is 2.31. The first-order chi connectivity index (χ1) is 12.6. The summed E-state index contributed by atoms with van der Waals surface area (Å²) in [6.45, 7) is 6.08. The minimum atomic E-state index is -0.368. The van der Waals surface area contributed by atoms with Crippen LogP contribution in [-0.2, 0) is 13.0 Å². The molecule has 8 heteroatoms. The lowest BCUT2D eigenvalue weighted by atomic mass is 10.2. The van der Waals surface area contributed by atoms with E-state index in [0.717, 1.165) is 24.1 Å². The molecule has 0 bridgehead atoms. The Morgan fingerprint density at radius 3 is 2.59 bits per heavy atom. The van der Waals surface area contributed by atoms with Gasteiger partial charge in [0.15, 0.2) is 17.5 Å². The zero-order chi connectivity index (χ0) is 18.8. The predicted octanol–water partition coefficient (Wildman–Crippen LogP) is 4.19. The van der Waals surface area contributed by atoms with Crippen LogP contribution in [-0.4, -0.2) is 30.6 Å². The summed E-state index contributed by atoms with van der Waals surface area (Å²) < 4.78 is 19.1. The molecule has 0 atom stereocenters. The third-order valence-corrected chi connectivity index (χ3v) is 3.78. The number of pyridine rings is 1. The van der Waals surface area contributed by atoms with Crippen LogP contribution in [0.15, 0.2) is 41.5 Å². The van der Waals surface area contributed by atoms with Crippen LogP contribution < -0.4 is 15.4 Å². The molecule has 0 fully saturated rings. The van der Waals surface area contributed by atoms with Crippen LogP contribution in [0.1, 0.15) is 25.0 Å². The quantitative estimate of drug-likeness (QED) is 0.244. The summed E-state index contributed by atoms with van der Waals surface area (Å²) in [6, 6.07) is 8.63. The molecule has 0 saturated heterocycles. The monoisotopic (exact) mass is 506 g/mol. The van der Waals surface area contributed by atoms with E-state index in [1.807, 2.05) is 26.0 Å². The number of aromatic nitrogens is 1. The van der Waals surface area contributed by atoms with Gasteiger partial charge in [0.25, 0.3) is 0 Å². The third kappa shape index (κ3) is 8.30. The second-order valence-electron chi connectivity index (χ2n) is 5.56. The summed E-state index contributed by atoms with van der Waals surface area (Å²) in [5, 5.41) is 6.92. The van der Waals surface area contributed by atoms with Crippen molar-refractivity contribution in [1.82, 2.24) is 15.6 Å². The van der Waals surface area contributed by atoms with Crippen LogP contribution in [0.5, 0.6) is 5.75 Å². The Labute approximate surface area is 181 Å². The first kappa shape index (κ1) is 23.4. The fourth-order valence-corrected chi connectivity index (χ4v) is 2.42. The topological polar surface area (TPSA) is 58.5 Å². The number of nitrogens with one attached hydrogen (secondary N) is 2. The van der Waals surface area contributed by atoms with Crippen LogP contribution in [0.3, 0.4) is 0 Å². The normalized spacial score (nSPS) is 10.9. The van der Waals surface area contributed by atoms with Gasteiger partial charge in [-0.15, -0.1) is 24.0 Å². The Hall–Kier alpha value is -1.61. The van der Waals surface area contributed by atoms with Gasteiger partial charge in [0.2, 0.25) is 0 Å². The molecule has 0 aliphatic carbocycles. The first-order valence-corrected chi connectivity index (χ1v) is 9.04. The van der Waals surface area contributed by atoms with E-state index >= 15 is 0 Å². The average molecular weight is 507 g/mol. The molecule has 1 aromatic carbocycles. The molecule has 27 heavy (non-hydrogen) atoms. The lowest BCUT2D eigenvalue weighted by molar-refractivity contribution is 0.321. The number of benzene rings is 1. The molecule has 0 unspecified atom stereocenters. The van der Waals surface area contributed by atoms with Crippen LogP contribution in [0.2, 0.25) is 5.15 Å². The Bertz CT molecular complexity index is 728. The molecular weight excluding hydrogens is 482 g/mol. The highest BCUT2D eigenvalue weighted by Gasteiger charge is 2.04. The molecule has 148 valence electrons. The molecule has 0 aliphatic rings. The number of aliphatic imine (C=N–C) groups is 1. The van der Waals surface area contributed by atoms with Gasteiger partial charge in [-0.05, 0) is 49.6 Å². The molecule has 0 radical (unpaired) electrons. The van der Waals surface area contributed by atoms with E-state index in [9.17, 15) is 4.39 Å². The van der Waals surface area contributed by atoms with Crippen molar-refractivity contribution >= 4 is 41.5 Å². The Balaban J connectivity index is 0.00000364. The van der Waals surface area contributed by atoms with Gasteiger partial charge in [-0.25, -0.2) is 14.4 Å².